The van der Waals surface area contributed by atoms with Crippen LogP contribution in [0.2, 0.25) is 0 Å². The van der Waals surface area contributed by atoms with E-state index in [9.17, 15) is 21.4 Å². The molecule has 0 bridgehead atoms. The number of methoxy groups -OCH3 is 1. The molecule has 10 nitrogen and oxygen atoms in total. The van der Waals surface area contributed by atoms with Crippen LogP contribution in [-0.4, -0.2) is 41.1 Å². The van der Waals surface area contributed by atoms with Crippen LogP contribution in [0.3, 0.4) is 0 Å². The molecule has 0 saturated heterocycles. The third kappa shape index (κ3) is 7.12. The minimum atomic E-state index is -4.66. The first-order valence-electron chi connectivity index (χ1n) is 8.86. The van der Waals surface area contributed by atoms with Crippen LogP contribution < -0.4 is 9.47 Å². The van der Waals surface area contributed by atoms with Crippen molar-refractivity contribution in [3.8, 4) is 17.2 Å². The summed E-state index contributed by atoms with van der Waals surface area (Å²) in [5.74, 6) is 0.897. The van der Waals surface area contributed by atoms with Gasteiger partial charge in [-0.3, -0.25) is 4.55 Å². The molecule has 0 unspecified atom stereocenters. The van der Waals surface area contributed by atoms with Gasteiger partial charge in [0.05, 0.1) is 16.9 Å². The molecule has 0 saturated carbocycles. The molecule has 13 heteroatoms. The molecule has 0 aromatic heterocycles. The Bertz CT molecular complexity index is 1440. The van der Waals surface area contributed by atoms with E-state index in [4.69, 9.17) is 22.1 Å². The smallest absolute Gasteiger partial charge is 0.425 e. The predicted octanol–water partition coefficient (Wildman–Crippen LogP) is 2.87. The van der Waals surface area contributed by atoms with Crippen molar-refractivity contribution in [2.24, 2.45) is 0 Å². The van der Waals surface area contributed by atoms with Gasteiger partial charge < -0.3 is 9.47 Å². The van der Waals surface area contributed by atoms with Gasteiger partial charge in [0.25, 0.3) is 10.1 Å². The van der Waals surface area contributed by atoms with Crippen LogP contribution in [0.25, 0.3) is 0 Å². The molecule has 3 aromatic rings. The van der Waals surface area contributed by atoms with Gasteiger partial charge in [-0.05, 0) is 61.5 Å². The van der Waals surface area contributed by atoms with Crippen LogP contribution in [0, 0.1) is 6.92 Å². The molecule has 3 aromatic carbocycles. The molecule has 0 amide bonds. The summed E-state index contributed by atoms with van der Waals surface area (Å²) in [5, 5.41) is 0. The SMILES string of the molecule is COc1ccc(S(=O)(=O)c2ccc(Oc3ccc(C)cc3)cc2)cc1S(=O)(=O)O.O=S(=O)=O. The summed E-state index contributed by atoms with van der Waals surface area (Å²) in [4.78, 5) is -0.973. The Morgan fingerprint density at radius 2 is 1.21 bits per heavy atom. The van der Waals surface area contributed by atoms with Gasteiger partial charge in [-0.2, -0.15) is 8.42 Å². The predicted molar refractivity (Wildman–Crippen MR) is 116 cm³/mol. The van der Waals surface area contributed by atoms with Crippen molar-refractivity contribution in [2.45, 2.75) is 21.6 Å². The average Bonchev–Trinajstić information content (AvgIpc) is 2.74. The molecule has 3 rings (SSSR count). The summed E-state index contributed by atoms with van der Waals surface area (Å²) in [6.45, 7) is 1.95. The average molecular weight is 515 g/mol. The second kappa shape index (κ2) is 10.6. The van der Waals surface area contributed by atoms with Crippen LogP contribution in [0.5, 0.6) is 17.2 Å². The lowest BCUT2D eigenvalue weighted by Gasteiger charge is -2.10. The molecule has 0 aliphatic heterocycles. The molecule has 1 N–H and O–H groups in total. The lowest BCUT2D eigenvalue weighted by atomic mass is 10.2. The van der Waals surface area contributed by atoms with Crippen molar-refractivity contribution < 1.29 is 43.5 Å². The molecule has 0 aliphatic rings. The molecule has 0 radical (unpaired) electrons. The van der Waals surface area contributed by atoms with E-state index in [0.717, 1.165) is 11.6 Å². The molecule has 0 spiro atoms. The zero-order valence-electron chi connectivity index (χ0n) is 17.2. The lowest BCUT2D eigenvalue weighted by Crippen LogP contribution is -2.06. The van der Waals surface area contributed by atoms with Gasteiger partial charge in [-0.25, -0.2) is 8.42 Å². The standard InChI is InChI=1S/C20H18O7S2.O3S/c1-14-3-5-15(6-4-14)27-16-7-9-17(10-8-16)28(21,22)18-11-12-19(26-2)20(13-18)29(23,24)25;1-4(2)3/h3-13H,1-2H3,(H,23,24,25);. The maximum atomic E-state index is 12.9. The first-order chi connectivity index (χ1) is 15.3. The number of benzene rings is 3. The molecule has 33 heavy (non-hydrogen) atoms. The Hall–Kier alpha value is -3.26. The number of hydrogen-bond donors (Lipinski definition) is 1. The summed E-state index contributed by atoms with van der Waals surface area (Å²) >= 11 is 0. The minimum absolute atomic E-state index is 0.0554. The fourth-order valence-corrected chi connectivity index (χ4v) is 4.63. The van der Waals surface area contributed by atoms with Crippen molar-refractivity contribution in [1.82, 2.24) is 0 Å². The molecule has 0 fully saturated rings. The van der Waals surface area contributed by atoms with Gasteiger partial charge in [-0.1, -0.05) is 17.7 Å². The Morgan fingerprint density at radius 3 is 1.67 bits per heavy atom. The second-order valence-electron chi connectivity index (χ2n) is 6.38. The Balaban J connectivity index is 0.000000890. The number of ether oxygens (including phenoxy) is 2. The van der Waals surface area contributed by atoms with Crippen LogP contribution in [0.15, 0.2) is 81.4 Å². The number of hydrogen-bond acceptors (Lipinski definition) is 9. The summed E-state index contributed by atoms with van der Waals surface area (Å²) in [6.07, 6.45) is 0. The highest BCUT2D eigenvalue weighted by Gasteiger charge is 2.24. The Morgan fingerprint density at radius 1 is 0.758 bits per heavy atom. The summed E-state index contributed by atoms with van der Waals surface area (Å²) in [7, 11) is -10.6. The minimum Gasteiger partial charge on any atom is -0.495 e. The van der Waals surface area contributed by atoms with E-state index in [-0.39, 0.29) is 15.5 Å². The van der Waals surface area contributed by atoms with E-state index in [1.165, 1.54) is 43.5 Å². The van der Waals surface area contributed by atoms with Crippen LogP contribution >= 0.6 is 0 Å². The molecule has 176 valence electrons. The van der Waals surface area contributed by atoms with Crippen molar-refractivity contribution >= 4 is 30.6 Å². The molecular weight excluding hydrogens is 496 g/mol. The van der Waals surface area contributed by atoms with E-state index in [1.54, 1.807) is 12.1 Å². The Kier molecular flexibility index (Phi) is 8.33. The molecule has 0 heterocycles. The summed E-state index contributed by atoms with van der Waals surface area (Å²) < 4.78 is 94.0. The number of aryl methyl sites for hydroxylation is 1. The number of sulfone groups is 1. The maximum absolute atomic E-state index is 12.9. The van der Waals surface area contributed by atoms with Crippen LogP contribution in [-0.2, 0) is 30.6 Å². The molecule has 0 aliphatic carbocycles. The topological polar surface area (TPSA) is 158 Å². The van der Waals surface area contributed by atoms with Gasteiger partial charge in [-0.15, -0.1) is 12.6 Å². The van der Waals surface area contributed by atoms with E-state index in [0.29, 0.717) is 11.5 Å². The maximum Gasteiger partial charge on any atom is 0.425 e. The largest absolute Gasteiger partial charge is 0.495 e. The second-order valence-corrected chi connectivity index (χ2v) is 10.1. The van der Waals surface area contributed by atoms with Crippen molar-refractivity contribution in [3.63, 3.8) is 0 Å². The van der Waals surface area contributed by atoms with Gasteiger partial charge >= 0.3 is 10.6 Å². The summed E-state index contributed by atoms with van der Waals surface area (Å²) in [5.41, 5.74) is 1.09. The molecule has 0 atom stereocenters. The van der Waals surface area contributed by atoms with Gasteiger partial charge in [0, 0.05) is 0 Å². The van der Waals surface area contributed by atoms with E-state index in [2.05, 4.69) is 0 Å². The van der Waals surface area contributed by atoms with Crippen LogP contribution in [0.1, 0.15) is 5.56 Å². The summed E-state index contributed by atoms with van der Waals surface area (Å²) in [6, 6.07) is 16.3. The Labute approximate surface area is 192 Å². The van der Waals surface area contributed by atoms with Gasteiger partial charge in [0.2, 0.25) is 9.84 Å². The van der Waals surface area contributed by atoms with Crippen molar-refractivity contribution in [2.75, 3.05) is 7.11 Å². The van der Waals surface area contributed by atoms with E-state index >= 15 is 0 Å². The van der Waals surface area contributed by atoms with E-state index < -0.39 is 35.5 Å². The highest BCUT2D eigenvalue weighted by atomic mass is 32.2. The zero-order chi connectivity index (χ0) is 24.8. The highest BCUT2D eigenvalue weighted by Crippen LogP contribution is 2.31. The van der Waals surface area contributed by atoms with Gasteiger partial charge in [0.15, 0.2) is 0 Å². The van der Waals surface area contributed by atoms with E-state index in [1.807, 2.05) is 19.1 Å². The fraction of sp³-hybridized carbons (Fsp3) is 0.100. The third-order valence-corrected chi connectivity index (χ3v) is 6.76. The fourth-order valence-electron chi connectivity index (χ4n) is 2.59. The first-order valence-corrected chi connectivity index (χ1v) is 12.8. The molecular formula is C20H18O10S3. The normalized spacial score (nSPS) is 11.1. The quantitative estimate of drug-likeness (QED) is 0.485. The van der Waals surface area contributed by atoms with Crippen molar-refractivity contribution in [3.05, 3.63) is 72.3 Å². The van der Waals surface area contributed by atoms with Crippen LogP contribution in [0.4, 0.5) is 0 Å². The van der Waals surface area contributed by atoms with Gasteiger partial charge in [0.1, 0.15) is 22.1 Å². The van der Waals surface area contributed by atoms with Crippen molar-refractivity contribution in [1.29, 1.82) is 0 Å². The zero-order valence-corrected chi connectivity index (χ0v) is 19.6. The lowest BCUT2D eigenvalue weighted by molar-refractivity contribution is 0.397. The first kappa shape index (κ1) is 26.0. The third-order valence-electron chi connectivity index (χ3n) is 4.11. The highest BCUT2D eigenvalue weighted by molar-refractivity contribution is 7.91. The monoisotopic (exact) mass is 514 g/mol. The number of rotatable bonds is 6.